The van der Waals surface area contributed by atoms with E-state index in [1.54, 1.807) is 18.2 Å². The van der Waals surface area contributed by atoms with E-state index in [4.69, 9.17) is 28.9 Å². The van der Waals surface area contributed by atoms with Crippen molar-refractivity contribution in [1.29, 1.82) is 0 Å². The molecule has 2 N–H and O–H groups in total. The highest BCUT2D eigenvalue weighted by Gasteiger charge is 2.17. The molecule has 0 fully saturated rings. The molecular formula is C12H15Cl2NO. The Bertz CT molecular complexity index is 396. The lowest BCUT2D eigenvalue weighted by molar-refractivity contribution is -0.119. The van der Waals surface area contributed by atoms with Crippen molar-refractivity contribution in [1.82, 2.24) is 0 Å². The summed E-state index contributed by atoms with van der Waals surface area (Å²) in [7, 11) is 0. The van der Waals surface area contributed by atoms with Gasteiger partial charge in [0.15, 0.2) is 0 Å². The van der Waals surface area contributed by atoms with Crippen LogP contribution in [0.4, 0.5) is 0 Å². The smallest absolute Gasteiger partial charge is 0.139 e. The maximum Gasteiger partial charge on any atom is 0.139 e. The third kappa shape index (κ3) is 4.12. The van der Waals surface area contributed by atoms with E-state index in [1.165, 1.54) is 0 Å². The number of halogens is 2. The average molecular weight is 260 g/mol. The molecule has 0 amide bonds. The van der Waals surface area contributed by atoms with Crippen LogP contribution in [0.25, 0.3) is 0 Å². The fourth-order valence-electron chi connectivity index (χ4n) is 1.47. The van der Waals surface area contributed by atoms with Crippen LogP contribution in [0, 0.1) is 0 Å². The Balaban J connectivity index is 2.74. The van der Waals surface area contributed by atoms with Crippen molar-refractivity contribution >= 4 is 29.0 Å². The fourth-order valence-corrected chi connectivity index (χ4v) is 1.85. The number of ketones is 1. The van der Waals surface area contributed by atoms with E-state index in [0.29, 0.717) is 16.5 Å². The number of carbonyl (C=O) groups is 1. The molecule has 0 atom stereocenters. The molecule has 0 aliphatic heterocycles. The van der Waals surface area contributed by atoms with E-state index < -0.39 is 5.54 Å². The van der Waals surface area contributed by atoms with Gasteiger partial charge in [0.25, 0.3) is 0 Å². The summed E-state index contributed by atoms with van der Waals surface area (Å²) in [5, 5.41) is 0.923. The van der Waals surface area contributed by atoms with E-state index >= 15 is 0 Å². The van der Waals surface area contributed by atoms with Gasteiger partial charge in [-0.05, 0) is 25.5 Å². The van der Waals surface area contributed by atoms with Crippen molar-refractivity contribution in [3.8, 4) is 0 Å². The minimum Gasteiger partial charge on any atom is -0.325 e. The molecule has 0 saturated carbocycles. The second kappa shape index (κ2) is 5.17. The summed E-state index contributed by atoms with van der Waals surface area (Å²) >= 11 is 11.9. The largest absolute Gasteiger partial charge is 0.325 e. The molecule has 0 aromatic heterocycles. The average Bonchev–Trinajstić information content (AvgIpc) is 2.09. The maximum absolute atomic E-state index is 11.7. The van der Waals surface area contributed by atoms with Crippen LogP contribution >= 0.6 is 23.2 Å². The summed E-state index contributed by atoms with van der Waals surface area (Å²) in [5.41, 5.74) is 6.05. The first kappa shape index (κ1) is 13.5. The zero-order chi connectivity index (χ0) is 12.3. The molecule has 4 heteroatoms. The second-order valence-corrected chi connectivity index (χ2v) is 5.38. The third-order valence-electron chi connectivity index (χ3n) is 2.07. The highest BCUT2D eigenvalue weighted by molar-refractivity contribution is 6.42. The summed E-state index contributed by atoms with van der Waals surface area (Å²) in [4.78, 5) is 11.7. The number of rotatable bonds is 4. The Morgan fingerprint density at radius 3 is 2.56 bits per heavy atom. The van der Waals surface area contributed by atoms with Gasteiger partial charge in [0.05, 0.1) is 10.0 Å². The second-order valence-electron chi connectivity index (χ2n) is 4.59. The van der Waals surface area contributed by atoms with Gasteiger partial charge in [-0.15, -0.1) is 0 Å². The van der Waals surface area contributed by atoms with E-state index in [9.17, 15) is 4.79 Å². The Kier molecular flexibility index (Phi) is 4.36. The minimum absolute atomic E-state index is 0.0664. The van der Waals surface area contributed by atoms with E-state index in [0.717, 1.165) is 5.56 Å². The van der Waals surface area contributed by atoms with Crippen LogP contribution in [0.2, 0.25) is 10.0 Å². The highest BCUT2D eigenvalue weighted by atomic mass is 35.5. The minimum atomic E-state index is -0.484. The predicted molar refractivity (Wildman–Crippen MR) is 68.1 cm³/mol. The van der Waals surface area contributed by atoms with Crippen LogP contribution in [0.15, 0.2) is 18.2 Å². The first-order valence-corrected chi connectivity index (χ1v) is 5.78. The highest BCUT2D eigenvalue weighted by Crippen LogP contribution is 2.26. The molecule has 1 aromatic rings. The molecule has 88 valence electrons. The van der Waals surface area contributed by atoms with Gasteiger partial charge < -0.3 is 5.73 Å². The van der Waals surface area contributed by atoms with Crippen LogP contribution in [0.3, 0.4) is 0 Å². The third-order valence-corrected chi connectivity index (χ3v) is 2.93. The normalized spacial score (nSPS) is 11.6. The monoisotopic (exact) mass is 259 g/mol. The summed E-state index contributed by atoms with van der Waals surface area (Å²) in [6.45, 7) is 3.65. The molecule has 0 heterocycles. The van der Waals surface area contributed by atoms with Crippen LogP contribution < -0.4 is 5.73 Å². The number of hydrogen-bond acceptors (Lipinski definition) is 2. The fraction of sp³-hybridized carbons (Fsp3) is 0.417. The quantitative estimate of drug-likeness (QED) is 0.903. The molecule has 16 heavy (non-hydrogen) atoms. The van der Waals surface area contributed by atoms with Gasteiger partial charge in [0.1, 0.15) is 5.78 Å². The number of nitrogens with two attached hydrogens (primary N) is 1. The number of benzene rings is 1. The van der Waals surface area contributed by atoms with Crippen molar-refractivity contribution in [2.45, 2.75) is 32.2 Å². The van der Waals surface area contributed by atoms with Crippen molar-refractivity contribution in [2.24, 2.45) is 5.73 Å². The molecule has 1 aromatic carbocycles. The van der Waals surface area contributed by atoms with E-state index in [-0.39, 0.29) is 12.2 Å². The number of Topliss-reactive ketones (excluding diaryl/α,β-unsaturated/α-hetero) is 1. The molecule has 0 bridgehead atoms. The molecule has 0 aliphatic carbocycles. The van der Waals surface area contributed by atoms with Gasteiger partial charge in [0, 0.05) is 18.4 Å². The first-order chi connectivity index (χ1) is 7.29. The maximum atomic E-state index is 11.7. The molecular weight excluding hydrogens is 245 g/mol. The van der Waals surface area contributed by atoms with Crippen molar-refractivity contribution < 1.29 is 4.79 Å². The van der Waals surface area contributed by atoms with Crippen LogP contribution in [0.5, 0.6) is 0 Å². The lowest BCUT2D eigenvalue weighted by Crippen LogP contribution is -2.35. The van der Waals surface area contributed by atoms with E-state index in [2.05, 4.69) is 0 Å². The SMILES string of the molecule is CC(C)(N)CC(=O)Cc1cccc(Cl)c1Cl. The summed E-state index contributed by atoms with van der Waals surface area (Å²) in [5.74, 6) is 0.0664. The summed E-state index contributed by atoms with van der Waals surface area (Å²) in [6, 6.07) is 5.28. The Hall–Kier alpha value is -0.570. The van der Waals surface area contributed by atoms with Gasteiger partial charge in [-0.2, -0.15) is 0 Å². The van der Waals surface area contributed by atoms with Crippen molar-refractivity contribution in [2.75, 3.05) is 0 Å². The number of hydrogen-bond donors (Lipinski definition) is 1. The van der Waals surface area contributed by atoms with Crippen molar-refractivity contribution in [3.05, 3.63) is 33.8 Å². The molecule has 0 aliphatic rings. The zero-order valence-corrected chi connectivity index (χ0v) is 10.9. The molecule has 2 nitrogen and oxygen atoms in total. The van der Waals surface area contributed by atoms with Crippen LogP contribution in [-0.4, -0.2) is 11.3 Å². The number of carbonyl (C=O) groups excluding carboxylic acids is 1. The Labute approximate surface area is 106 Å². The van der Waals surface area contributed by atoms with Gasteiger partial charge >= 0.3 is 0 Å². The van der Waals surface area contributed by atoms with Gasteiger partial charge in [-0.3, -0.25) is 4.79 Å². The summed E-state index contributed by atoms with van der Waals surface area (Å²) in [6.07, 6.45) is 0.607. The zero-order valence-electron chi connectivity index (χ0n) is 9.39. The van der Waals surface area contributed by atoms with Gasteiger partial charge in [0.2, 0.25) is 0 Å². The Morgan fingerprint density at radius 2 is 2.00 bits per heavy atom. The standard InChI is InChI=1S/C12H15Cl2NO/c1-12(2,15)7-9(16)6-8-4-3-5-10(13)11(8)14/h3-5H,6-7,15H2,1-2H3. The molecule has 1 rings (SSSR count). The van der Waals surface area contributed by atoms with Gasteiger partial charge in [-0.25, -0.2) is 0 Å². The molecule has 0 radical (unpaired) electrons. The molecule has 0 saturated heterocycles. The molecule has 0 spiro atoms. The van der Waals surface area contributed by atoms with Crippen LogP contribution in [-0.2, 0) is 11.2 Å². The topological polar surface area (TPSA) is 43.1 Å². The predicted octanol–water partition coefficient (Wildman–Crippen LogP) is 3.23. The van der Waals surface area contributed by atoms with Crippen molar-refractivity contribution in [3.63, 3.8) is 0 Å². The lowest BCUT2D eigenvalue weighted by Gasteiger charge is -2.17. The van der Waals surface area contributed by atoms with Gasteiger partial charge in [-0.1, -0.05) is 35.3 Å². The Morgan fingerprint density at radius 1 is 1.38 bits per heavy atom. The van der Waals surface area contributed by atoms with Crippen LogP contribution in [0.1, 0.15) is 25.8 Å². The first-order valence-electron chi connectivity index (χ1n) is 5.03. The lowest BCUT2D eigenvalue weighted by atomic mass is 9.96. The molecule has 0 unspecified atom stereocenters. The summed E-state index contributed by atoms with van der Waals surface area (Å²) < 4.78 is 0. The van der Waals surface area contributed by atoms with E-state index in [1.807, 2.05) is 13.8 Å².